The molecule has 0 bridgehead atoms. The lowest BCUT2D eigenvalue weighted by Crippen LogP contribution is -2.43. The van der Waals surface area contributed by atoms with Crippen LogP contribution in [0.3, 0.4) is 0 Å². The first-order valence-corrected chi connectivity index (χ1v) is 10.3. The monoisotopic (exact) mass is 512 g/mol. The fourth-order valence-corrected chi connectivity index (χ4v) is 3.80. The van der Waals surface area contributed by atoms with Crippen LogP contribution in [0.5, 0.6) is 11.5 Å². The standard InChI is InChI=1S/C20H22Br2N2O4/c1-4-13(3)28-16-7-5-14(6-8-16)20(26)24-23-18(25)11-27-19-12(2)9-15(21)10-17(19)22/h5-10,13H,4,11H2,1-3H3,(H,23,25)(H,24,26). The number of rotatable bonds is 7. The third-order valence-corrected chi connectivity index (χ3v) is 4.93. The van der Waals surface area contributed by atoms with E-state index >= 15 is 0 Å². The van der Waals surface area contributed by atoms with Crippen LogP contribution in [0.25, 0.3) is 0 Å². The average Bonchev–Trinajstić information content (AvgIpc) is 2.65. The number of carbonyl (C=O) groups excluding carboxylic acids is 2. The molecule has 2 rings (SSSR count). The lowest BCUT2D eigenvalue weighted by molar-refractivity contribution is -0.123. The Morgan fingerprint density at radius 1 is 1.11 bits per heavy atom. The number of amides is 2. The summed E-state index contributed by atoms with van der Waals surface area (Å²) < 4.78 is 12.8. The third-order valence-electron chi connectivity index (χ3n) is 3.89. The molecule has 0 radical (unpaired) electrons. The van der Waals surface area contributed by atoms with Gasteiger partial charge in [0.15, 0.2) is 6.61 Å². The van der Waals surface area contributed by atoms with Crippen molar-refractivity contribution >= 4 is 43.7 Å². The number of hydrogen-bond donors (Lipinski definition) is 2. The summed E-state index contributed by atoms with van der Waals surface area (Å²) in [5.41, 5.74) is 5.98. The van der Waals surface area contributed by atoms with Crippen molar-refractivity contribution in [2.24, 2.45) is 0 Å². The van der Waals surface area contributed by atoms with Crippen LogP contribution in [-0.4, -0.2) is 24.5 Å². The number of nitrogens with one attached hydrogen (secondary N) is 2. The first kappa shape index (κ1) is 22.2. The molecule has 0 saturated carbocycles. The van der Waals surface area contributed by atoms with Gasteiger partial charge in [0.1, 0.15) is 11.5 Å². The molecule has 0 aromatic heterocycles. The van der Waals surface area contributed by atoms with Crippen LogP contribution in [0.15, 0.2) is 45.3 Å². The summed E-state index contributed by atoms with van der Waals surface area (Å²) in [5.74, 6) is 0.365. The van der Waals surface area contributed by atoms with E-state index in [9.17, 15) is 9.59 Å². The first-order chi connectivity index (χ1) is 13.3. The second-order valence-electron chi connectivity index (χ2n) is 6.19. The smallest absolute Gasteiger partial charge is 0.276 e. The van der Waals surface area contributed by atoms with Crippen LogP contribution in [0.4, 0.5) is 0 Å². The highest BCUT2D eigenvalue weighted by molar-refractivity contribution is 9.11. The predicted octanol–water partition coefficient (Wildman–Crippen LogP) is 4.54. The number of aryl methyl sites for hydroxylation is 1. The zero-order valence-corrected chi connectivity index (χ0v) is 19.0. The summed E-state index contributed by atoms with van der Waals surface area (Å²) in [6.07, 6.45) is 1.00. The van der Waals surface area contributed by atoms with Gasteiger partial charge in [-0.3, -0.25) is 20.4 Å². The Morgan fingerprint density at radius 2 is 1.79 bits per heavy atom. The number of ether oxygens (including phenoxy) is 2. The van der Waals surface area contributed by atoms with E-state index in [4.69, 9.17) is 9.47 Å². The van der Waals surface area contributed by atoms with Crippen LogP contribution in [0.1, 0.15) is 36.2 Å². The average molecular weight is 514 g/mol. The molecule has 2 amide bonds. The largest absolute Gasteiger partial charge is 0.491 e. The van der Waals surface area contributed by atoms with Gasteiger partial charge in [0.2, 0.25) is 0 Å². The molecule has 0 aliphatic heterocycles. The maximum atomic E-state index is 12.1. The fourth-order valence-electron chi connectivity index (χ4n) is 2.24. The second-order valence-corrected chi connectivity index (χ2v) is 7.96. The predicted molar refractivity (Wildman–Crippen MR) is 115 cm³/mol. The van der Waals surface area contributed by atoms with Crippen LogP contribution in [0, 0.1) is 6.92 Å². The Labute approximate surface area is 181 Å². The fraction of sp³-hybridized carbons (Fsp3) is 0.300. The Bertz CT molecular complexity index is 818. The molecule has 2 aromatic carbocycles. The van der Waals surface area contributed by atoms with Gasteiger partial charge in [0.05, 0.1) is 10.6 Å². The van der Waals surface area contributed by atoms with Gasteiger partial charge in [-0.1, -0.05) is 22.9 Å². The van der Waals surface area contributed by atoms with Gasteiger partial charge in [-0.05, 0) is 78.2 Å². The van der Waals surface area contributed by atoms with Crippen molar-refractivity contribution < 1.29 is 19.1 Å². The Kier molecular flexibility index (Phi) is 8.32. The van der Waals surface area contributed by atoms with E-state index in [1.165, 1.54) is 0 Å². The van der Waals surface area contributed by atoms with E-state index in [2.05, 4.69) is 42.7 Å². The van der Waals surface area contributed by atoms with E-state index in [-0.39, 0.29) is 12.7 Å². The van der Waals surface area contributed by atoms with Crippen molar-refractivity contribution in [1.29, 1.82) is 0 Å². The number of benzene rings is 2. The third kappa shape index (κ3) is 6.53. The van der Waals surface area contributed by atoms with Crippen LogP contribution in [-0.2, 0) is 4.79 Å². The lowest BCUT2D eigenvalue weighted by atomic mass is 10.2. The van der Waals surface area contributed by atoms with Crippen LogP contribution < -0.4 is 20.3 Å². The highest BCUT2D eigenvalue weighted by Crippen LogP contribution is 2.32. The van der Waals surface area contributed by atoms with Gasteiger partial charge in [0.25, 0.3) is 11.8 Å². The van der Waals surface area contributed by atoms with Gasteiger partial charge < -0.3 is 9.47 Å². The summed E-state index contributed by atoms with van der Waals surface area (Å²) in [7, 11) is 0. The molecule has 6 nitrogen and oxygen atoms in total. The molecule has 1 unspecified atom stereocenters. The van der Waals surface area contributed by atoms with Crippen molar-refractivity contribution in [3.63, 3.8) is 0 Å². The lowest BCUT2D eigenvalue weighted by Gasteiger charge is -2.13. The molecule has 0 heterocycles. The van der Waals surface area contributed by atoms with E-state index in [0.29, 0.717) is 17.1 Å². The van der Waals surface area contributed by atoms with Crippen molar-refractivity contribution in [3.05, 3.63) is 56.5 Å². The Morgan fingerprint density at radius 3 is 2.39 bits per heavy atom. The van der Waals surface area contributed by atoms with E-state index in [1.807, 2.05) is 32.9 Å². The molecule has 0 spiro atoms. The minimum absolute atomic E-state index is 0.105. The molecule has 1 atom stereocenters. The molecule has 0 aliphatic rings. The molecule has 0 saturated heterocycles. The highest BCUT2D eigenvalue weighted by atomic mass is 79.9. The van der Waals surface area contributed by atoms with Crippen LogP contribution in [0.2, 0.25) is 0 Å². The molecular weight excluding hydrogens is 492 g/mol. The van der Waals surface area contributed by atoms with E-state index in [1.54, 1.807) is 24.3 Å². The molecule has 2 aromatic rings. The second kappa shape index (κ2) is 10.5. The SMILES string of the molecule is CCC(C)Oc1ccc(C(=O)NNC(=O)COc2c(C)cc(Br)cc2Br)cc1. The number of hydrazine groups is 1. The zero-order valence-electron chi connectivity index (χ0n) is 15.8. The molecule has 28 heavy (non-hydrogen) atoms. The van der Waals surface area contributed by atoms with Gasteiger partial charge in [-0.15, -0.1) is 0 Å². The molecule has 0 aliphatic carbocycles. The maximum Gasteiger partial charge on any atom is 0.276 e. The Balaban J connectivity index is 1.83. The molecule has 2 N–H and O–H groups in total. The first-order valence-electron chi connectivity index (χ1n) is 8.74. The maximum absolute atomic E-state index is 12.1. The van der Waals surface area contributed by atoms with Crippen molar-refractivity contribution in [2.75, 3.05) is 6.61 Å². The van der Waals surface area contributed by atoms with E-state index in [0.717, 1.165) is 20.9 Å². The number of carbonyl (C=O) groups is 2. The summed E-state index contributed by atoms with van der Waals surface area (Å²) >= 11 is 6.79. The van der Waals surface area contributed by atoms with Crippen LogP contribution >= 0.6 is 31.9 Å². The minimum atomic E-state index is -0.473. The molecule has 8 heteroatoms. The van der Waals surface area contributed by atoms with Crippen molar-refractivity contribution in [1.82, 2.24) is 10.9 Å². The van der Waals surface area contributed by atoms with Gasteiger partial charge in [0, 0.05) is 10.0 Å². The minimum Gasteiger partial charge on any atom is -0.491 e. The summed E-state index contributed by atoms with van der Waals surface area (Å²) in [4.78, 5) is 24.1. The zero-order chi connectivity index (χ0) is 20.7. The molecular formula is C20H22Br2N2O4. The quantitative estimate of drug-likeness (QED) is 0.533. The Hall–Kier alpha value is -2.06. The van der Waals surface area contributed by atoms with Gasteiger partial charge in [-0.2, -0.15) is 0 Å². The summed E-state index contributed by atoms with van der Waals surface area (Å²) in [6.45, 7) is 5.66. The normalized spacial score (nSPS) is 11.5. The van der Waals surface area contributed by atoms with Gasteiger partial charge in [-0.25, -0.2) is 0 Å². The number of halogens is 2. The summed E-state index contributed by atoms with van der Waals surface area (Å²) in [6, 6.07) is 10.4. The summed E-state index contributed by atoms with van der Waals surface area (Å²) in [5, 5.41) is 0. The van der Waals surface area contributed by atoms with Crippen molar-refractivity contribution in [3.8, 4) is 11.5 Å². The van der Waals surface area contributed by atoms with Gasteiger partial charge >= 0.3 is 0 Å². The molecule has 0 fully saturated rings. The van der Waals surface area contributed by atoms with E-state index < -0.39 is 11.8 Å². The molecule has 150 valence electrons. The highest BCUT2D eigenvalue weighted by Gasteiger charge is 2.11. The van der Waals surface area contributed by atoms with Crippen molar-refractivity contribution in [2.45, 2.75) is 33.3 Å². The number of hydrogen-bond acceptors (Lipinski definition) is 4. The topological polar surface area (TPSA) is 76.7 Å².